The van der Waals surface area contributed by atoms with Crippen molar-refractivity contribution >= 4 is 5.97 Å². The monoisotopic (exact) mass is 197 g/mol. The molecular formula is C9H15N3O2. The molecule has 5 nitrogen and oxygen atoms in total. The van der Waals surface area contributed by atoms with Crippen LogP contribution in [0.3, 0.4) is 0 Å². The van der Waals surface area contributed by atoms with E-state index in [0.717, 1.165) is 0 Å². The van der Waals surface area contributed by atoms with Crippen molar-refractivity contribution in [3.05, 3.63) is 12.2 Å². The molecule has 0 aliphatic carbocycles. The topological polar surface area (TPSA) is 57.0 Å². The normalized spacial score (nSPS) is 11.4. The Morgan fingerprint density at radius 1 is 1.64 bits per heavy atom. The first-order valence-corrected chi connectivity index (χ1v) is 4.51. The fourth-order valence-corrected chi connectivity index (χ4v) is 1.25. The van der Waals surface area contributed by atoms with Gasteiger partial charge in [-0.2, -0.15) is 0 Å². The number of rotatable bonds is 3. The van der Waals surface area contributed by atoms with Gasteiger partial charge in [-0.25, -0.2) is 0 Å². The summed E-state index contributed by atoms with van der Waals surface area (Å²) in [6.07, 6.45) is 1.57. The summed E-state index contributed by atoms with van der Waals surface area (Å²) in [5.41, 5.74) is -0.749. The van der Waals surface area contributed by atoms with Crippen LogP contribution in [0.2, 0.25) is 0 Å². The number of hydrogen-bond acceptors (Lipinski definition) is 4. The predicted octanol–water partition coefficient (Wildman–Crippen LogP) is 0.656. The maximum Gasteiger partial charge on any atom is 0.319 e. The van der Waals surface area contributed by atoms with Crippen molar-refractivity contribution in [3.63, 3.8) is 0 Å². The molecule has 0 N–H and O–H groups in total. The molecule has 14 heavy (non-hydrogen) atoms. The Kier molecular flexibility index (Phi) is 2.88. The second kappa shape index (κ2) is 3.77. The quantitative estimate of drug-likeness (QED) is 0.668. The van der Waals surface area contributed by atoms with Gasteiger partial charge in [0.15, 0.2) is 0 Å². The van der Waals surface area contributed by atoms with E-state index >= 15 is 0 Å². The molecule has 1 aromatic rings. The molecule has 0 saturated carbocycles. The molecule has 0 radical (unpaired) electrons. The molecule has 78 valence electrons. The number of aromatic nitrogens is 3. The minimum absolute atomic E-state index is 0.281. The third-order valence-corrected chi connectivity index (χ3v) is 2.06. The van der Waals surface area contributed by atoms with Crippen molar-refractivity contribution in [3.8, 4) is 0 Å². The number of nitrogens with zero attached hydrogens (tertiary/aromatic N) is 3. The van der Waals surface area contributed by atoms with Crippen LogP contribution in [0.15, 0.2) is 6.33 Å². The molecule has 0 saturated heterocycles. The molecule has 5 heteroatoms. The first-order valence-electron chi connectivity index (χ1n) is 4.51. The fraction of sp³-hybridized carbons (Fsp3) is 0.667. The summed E-state index contributed by atoms with van der Waals surface area (Å²) in [6.45, 7) is 5.70. The van der Waals surface area contributed by atoms with Crippen LogP contribution in [0.1, 0.15) is 26.6 Å². The smallest absolute Gasteiger partial charge is 0.319 e. The van der Waals surface area contributed by atoms with Crippen molar-refractivity contribution in [2.75, 3.05) is 6.61 Å². The molecule has 0 aliphatic rings. The summed E-state index contributed by atoms with van der Waals surface area (Å²) in [5.74, 6) is 0.326. The first kappa shape index (κ1) is 10.7. The van der Waals surface area contributed by atoms with Crippen LogP contribution in [0.25, 0.3) is 0 Å². The molecule has 0 bridgehead atoms. The van der Waals surface area contributed by atoms with Crippen LogP contribution >= 0.6 is 0 Å². The third-order valence-electron chi connectivity index (χ3n) is 2.06. The summed E-state index contributed by atoms with van der Waals surface area (Å²) >= 11 is 0. The Labute approximate surface area is 83.1 Å². The molecule has 0 atom stereocenters. The summed E-state index contributed by atoms with van der Waals surface area (Å²) < 4.78 is 6.68. The van der Waals surface area contributed by atoms with E-state index in [2.05, 4.69) is 10.2 Å². The van der Waals surface area contributed by atoms with Gasteiger partial charge in [0.2, 0.25) is 0 Å². The van der Waals surface area contributed by atoms with Crippen LogP contribution < -0.4 is 0 Å². The summed E-state index contributed by atoms with van der Waals surface area (Å²) in [4.78, 5) is 11.6. The van der Waals surface area contributed by atoms with E-state index in [0.29, 0.717) is 12.4 Å². The largest absolute Gasteiger partial charge is 0.465 e. The Morgan fingerprint density at radius 3 is 2.71 bits per heavy atom. The minimum atomic E-state index is -0.749. The van der Waals surface area contributed by atoms with Gasteiger partial charge in [-0.1, -0.05) is 0 Å². The number of ether oxygens (including phenoxy) is 1. The zero-order chi connectivity index (χ0) is 10.8. The van der Waals surface area contributed by atoms with Crippen molar-refractivity contribution in [2.24, 2.45) is 7.05 Å². The van der Waals surface area contributed by atoms with E-state index in [1.165, 1.54) is 0 Å². The second-order valence-corrected chi connectivity index (χ2v) is 3.61. The average Bonchev–Trinajstić information content (AvgIpc) is 2.52. The summed E-state index contributed by atoms with van der Waals surface area (Å²) in [5, 5.41) is 7.64. The maximum absolute atomic E-state index is 11.6. The lowest BCUT2D eigenvalue weighted by atomic mass is 9.92. The van der Waals surface area contributed by atoms with Gasteiger partial charge in [-0.05, 0) is 20.8 Å². The molecular weight excluding hydrogens is 182 g/mol. The summed E-state index contributed by atoms with van der Waals surface area (Å²) in [7, 11) is 1.80. The van der Waals surface area contributed by atoms with Gasteiger partial charge in [0.25, 0.3) is 0 Å². The molecule has 1 heterocycles. The Morgan fingerprint density at radius 2 is 2.29 bits per heavy atom. The minimum Gasteiger partial charge on any atom is -0.465 e. The molecule has 1 aromatic heterocycles. The van der Waals surface area contributed by atoms with Gasteiger partial charge >= 0.3 is 5.97 Å². The van der Waals surface area contributed by atoms with Gasteiger partial charge in [-0.15, -0.1) is 10.2 Å². The molecule has 0 fully saturated rings. The SMILES string of the molecule is CCOC(=O)C(C)(C)c1nncn1C. The zero-order valence-corrected chi connectivity index (χ0v) is 8.94. The van der Waals surface area contributed by atoms with Crippen molar-refractivity contribution in [1.29, 1.82) is 0 Å². The molecule has 0 spiro atoms. The van der Waals surface area contributed by atoms with Gasteiger partial charge in [-0.3, -0.25) is 4.79 Å². The lowest BCUT2D eigenvalue weighted by molar-refractivity contribution is -0.149. The zero-order valence-electron chi connectivity index (χ0n) is 8.94. The van der Waals surface area contributed by atoms with Crippen LogP contribution in [0, 0.1) is 0 Å². The van der Waals surface area contributed by atoms with Crippen LogP contribution in [0.5, 0.6) is 0 Å². The maximum atomic E-state index is 11.6. The number of carbonyl (C=O) groups is 1. The van der Waals surface area contributed by atoms with Gasteiger partial charge in [0.1, 0.15) is 17.6 Å². The molecule has 0 aromatic carbocycles. The molecule has 0 unspecified atom stereocenters. The van der Waals surface area contributed by atoms with E-state index < -0.39 is 5.41 Å². The van der Waals surface area contributed by atoms with E-state index in [4.69, 9.17) is 4.74 Å². The van der Waals surface area contributed by atoms with Crippen molar-refractivity contribution in [1.82, 2.24) is 14.8 Å². The highest BCUT2D eigenvalue weighted by Gasteiger charge is 2.35. The lowest BCUT2D eigenvalue weighted by Gasteiger charge is -2.20. The van der Waals surface area contributed by atoms with E-state index in [-0.39, 0.29) is 5.97 Å². The standard InChI is InChI=1S/C9H15N3O2/c1-5-14-8(13)9(2,3)7-11-10-6-12(7)4/h6H,5H2,1-4H3. The Bertz CT molecular complexity index is 331. The third kappa shape index (κ3) is 1.76. The molecule has 0 aliphatic heterocycles. The van der Waals surface area contributed by atoms with Crippen molar-refractivity contribution in [2.45, 2.75) is 26.2 Å². The van der Waals surface area contributed by atoms with Crippen LogP contribution in [-0.2, 0) is 22.0 Å². The highest BCUT2D eigenvalue weighted by molar-refractivity contribution is 5.81. The number of esters is 1. The predicted molar refractivity (Wildman–Crippen MR) is 50.7 cm³/mol. The Balaban J connectivity index is 2.95. The number of carbonyl (C=O) groups excluding carboxylic acids is 1. The summed E-state index contributed by atoms with van der Waals surface area (Å²) in [6, 6.07) is 0. The van der Waals surface area contributed by atoms with Crippen molar-refractivity contribution < 1.29 is 9.53 Å². The van der Waals surface area contributed by atoms with Gasteiger partial charge < -0.3 is 9.30 Å². The van der Waals surface area contributed by atoms with E-state index in [1.54, 1.807) is 38.7 Å². The lowest BCUT2D eigenvalue weighted by Crippen LogP contribution is -2.33. The average molecular weight is 197 g/mol. The highest BCUT2D eigenvalue weighted by Crippen LogP contribution is 2.21. The molecule has 1 rings (SSSR count). The van der Waals surface area contributed by atoms with Gasteiger partial charge in [0.05, 0.1) is 6.61 Å². The van der Waals surface area contributed by atoms with E-state index in [9.17, 15) is 4.79 Å². The number of hydrogen-bond donors (Lipinski definition) is 0. The molecule has 0 amide bonds. The van der Waals surface area contributed by atoms with Gasteiger partial charge in [0, 0.05) is 7.05 Å². The highest BCUT2D eigenvalue weighted by atomic mass is 16.5. The van der Waals surface area contributed by atoms with Crippen LogP contribution in [0.4, 0.5) is 0 Å². The second-order valence-electron chi connectivity index (χ2n) is 3.61. The fourth-order valence-electron chi connectivity index (χ4n) is 1.25. The first-order chi connectivity index (χ1) is 6.50. The Hall–Kier alpha value is -1.39. The van der Waals surface area contributed by atoms with Crippen LogP contribution in [-0.4, -0.2) is 27.3 Å². The number of aryl methyl sites for hydroxylation is 1. The van der Waals surface area contributed by atoms with E-state index in [1.807, 2.05) is 0 Å².